The molecule has 10 nitrogen and oxygen atoms in total. The van der Waals surface area contributed by atoms with Crippen LogP contribution in [0.15, 0.2) is 47.6 Å². The number of amides is 2. The number of phenolic OH excluding ortho intramolecular Hbond substituents is 1. The number of benzene rings is 2. The summed E-state index contributed by atoms with van der Waals surface area (Å²) in [5.74, 6) is -2.97. The van der Waals surface area contributed by atoms with Gasteiger partial charge in [0, 0.05) is 24.1 Å². The molecule has 0 saturated carbocycles. The largest absolute Gasteiger partial charge is 0.500 e. The quantitative estimate of drug-likeness (QED) is 0.290. The number of hydrazone groups is 1. The predicted molar refractivity (Wildman–Crippen MR) is 103 cm³/mol. The highest BCUT2D eigenvalue weighted by Crippen LogP contribution is 2.36. The number of nitrogens with zero attached hydrogens (tertiary/aromatic N) is 2. The third-order valence-corrected chi connectivity index (χ3v) is 4.57. The Labute approximate surface area is 165 Å². The lowest BCUT2D eigenvalue weighted by Crippen LogP contribution is -2.34. The topological polar surface area (TPSA) is 143 Å². The Bertz CT molecular complexity index is 976. The number of phenols is 1. The minimum Gasteiger partial charge on any atom is -0.500 e. The van der Waals surface area contributed by atoms with Crippen LogP contribution in [0.3, 0.4) is 0 Å². The number of hydrogen-bond acceptors (Lipinski definition) is 7. The van der Waals surface area contributed by atoms with Gasteiger partial charge in [-0.2, -0.15) is 5.10 Å². The number of methoxy groups -OCH3 is 1. The molecule has 2 amide bonds. The summed E-state index contributed by atoms with van der Waals surface area (Å²) in [6.07, 6.45) is 1.16. The smallest absolute Gasteiger partial charge is 0.315 e. The van der Waals surface area contributed by atoms with Gasteiger partial charge in [0.1, 0.15) is 5.92 Å². The molecule has 0 unspecified atom stereocenters. The molecule has 0 spiro atoms. The lowest BCUT2D eigenvalue weighted by Gasteiger charge is -2.15. The van der Waals surface area contributed by atoms with Gasteiger partial charge in [0.15, 0.2) is 5.75 Å². The van der Waals surface area contributed by atoms with Gasteiger partial charge in [-0.3, -0.25) is 19.7 Å². The van der Waals surface area contributed by atoms with Gasteiger partial charge < -0.3 is 15.2 Å². The van der Waals surface area contributed by atoms with Crippen LogP contribution in [-0.2, 0) is 9.59 Å². The van der Waals surface area contributed by atoms with Gasteiger partial charge in [0.05, 0.1) is 18.2 Å². The van der Waals surface area contributed by atoms with Crippen molar-refractivity contribution in [3.05, 3.63) is 63.7 Å². The summed E-state index contributed by atoms with van der Waals surface area (Å²) < 4.78 is 4.91. The van der Waals surface area contributed by atoms with E-state index in [1.54, 1.807) is 0 Å². The molecule has 1 aliphatic heterocycles. The van der Waals surface area contributed by atoms with Crippen molar-refractivity contribution >= 4 is 23.7 Å². The molecular weight excluding hydrogens is 380 g/mol. The van der Waals surface area contributed by atoms with Crippen molar-refractivity contribution in [2.45, 2.75) is 5.92 Å². The van der Waals surface area contributed by atoms with E-state index in [0.717, 1.165) is 17.8 Å². The number of nitro benzene ring substituents is 1. The SMILES string of the molecule is COc1cc(/C=N/NC(=O)[C@@H]2C(=O)NC[C@H]2c2ccccc2)cc([N+](=O)[O-])c1O. The van der Waals surface area contributed by atoms with Gasteiger partial charge in [-0.1, -0.05) is 30.3 Å². The number of ether oxygens (including phenoxy) is 1. The fourth-order valence-electron chi connectivity index (χ4n) is 3.16. The number of carbonyl (C=O) groups is 2. The van der Waals surface area contributed by atoms with E-state index >= 15 is 0 Å². The maximum Gasteiger partial charge on any atom is 0.315 e. The first-order valence-corrected chi connectivity index (χ1v) is 8.63. The first kappa shape index (κ1) is 19.8. The van der Waals surface area contributed by atoms with E-state index in [1.807, 2.05) is 30.3 Å². The van der Waals surface area contributed by atoms with E-state index in [1.165, 1.54) is 13.2 Å². The number of nitrogens with one attached hydrogen (secondary N) is 2. The second-order valence-corrected chi connectivity index (χ2v) is 6.32. The van der Waals surface area contributed by atoms with Crippen molar-refractivity contribution < 1.29 is 24.4 Å². The number of rotatable bonds is 6. The van der Waals surface area contributed by atoms with Gasteiger partial charge in [0.2, 0.25) is 11.7 Å². The fraction of sp³-hybridized carbons (Fsp3) is 0.211. The first-order valence-electron chi connectivity index (χ1n) is 8.63. The number of carbonyl (C=O) groups excluding carboxylic acids is 2. The minimum absolute atomic E-state index is 0.105. The molecule has 2 aromatic rings. The molecule has 1 saturated heterocycles. The Morgan fingerprint density at radius 3 is 2.76 bits per heavy atom. The van der Waals surface area contributed by atoms with Crippen LogP contribution in [0.1, 0.15) is 17.0 Å². The lowest BCUT2D eigenvalue weighted by atomic mass is 9.88. The number of aromatic hydroxyl groups is 1. The number of nitro groups is 1. The average molecular weight is 398 g/mol. The van der Waals surface area contributed by atoms with E-state index < -0.39 is 34.1 Å². The summed E-state index contributed by atoms with van der Waals surface area (Å²) >= 11 is 0. The second-order valence-electron chi connectivity index (χ2n) is 6.32. The molecule has 150 valence electrons. The van der Waals surface area contributed by atoms with Crippen LogP contribution in [0.25, 0.3) is 0 Å². The predicted octanol–water partition coefficient (Wildman–Crippen LogP) is 1.29. The summed E-state index contributed by atoms with van der Waals surface area (Å²) in [6.45, 7) is 0.339. The summed E-state index contributed by atoms with van der Waals surface area (Å²) in [6, 6.07) is 11.6. The lowest BCUT2D eigenvalue weighted by molar-refractivity contribution is -0.386. The van der Waals surface area contributed by atoms with E-state index in [2.05, 4.69) is 15.8 Å². The minimum atomic E-state index is -0.946. The van der Waals surface area contributed by atoms with Gasteiger partial charge in [-0.25, -0.2) is 5.43 Å². The van der Waals surface area contributed by atoms with Crippen LogP contribution in [0.2, 0.25) is 0 Å². The zero-order chi connectivity index (χ0) is 21.0. The van der Waals surface area contributed by atoms with Crippen molar-refractivity contribution in [1.82, 2.24) is 10.7 Å². The van der Waals surface area contributed by atoms with E-state index in [0.29, 0.717) is 6.54 Å². The second kappa shape index (κ2) is 8.38. The molecule has 0 aromatic heterocycles. The van der Waals surface area contributed by atoms with Crippen molar-refractivity contribution in [2.75, 3.05) is 13.7 Å². The van der Waals surface area contributed by atoms with Crippen LogP contribution >= 0.6 is 0 Å². The summed E-state index contributed by atoms with van der Waals surface area (Å²) in [5, 5.41) is 27.3. The van der Waals surface area contributed by atoms with Crippen LogP contribution in [-0.4, -0.2) is 41.7 Å². The Balaban J connectivity index is 1.76. The highest BCUT2D eigenvalue weighted by molar-refractivity contribution is 6.03. The Morgan fingerprint density at radius 2 is 2.10 bits per heavy atom. The highest BCUT2D eigenvalue weighted by Gasteiger charge is 2.40. The molecule has 10 heteroatoms. The normalized spacial score (nSPS) is 18.4. The van der Waals surface area contributed by atoms with Crippen molar-refractivity contribution in [3.8, 4) is 11.5 Å². The molecule has 0 radical (unpaired) electrons. The third kappa shape index (κ3) is 4.15. The zero-order valence-corrected chi connectivity index (χ0v) is 15.4. The molecule has 3 N–H and O–H groups in total. The van der Waals surface area contributed by atoms with Crippen LogP contribution in [0, 0.1) is 16.0 Å². The Kier molecular flexibility index (Phi) is 5.72. The van der Waals surface area contributed by atoms with E-state index in [9.17, 15) is 24.8 Å². The molecule has 0 aliphatic carbocycles. The molecule has 1 aliphatic rings. The number of hydrogen-bond donors (Lipinski definition) is 3. The van der Waals surface area contributed by atoms with Crippen molar-refractivity contribution in [1.29, 1.82) is 0 Å². The molecular formula is C19H18N4O6. The van der Waals surface area contributed by atoms with Gasteiger partial charge in [-0.05, 0) is 11.6 Å². The summed E-state index contributed by atoms with van der Waals surface area (Å²) in [7, 11) is 1.25. The summed E-state index contributed by atoms with van der Waals surface area (Å²) in [4.78, 5) is 34.9. The maximum atomic E-state index is 12.5. The molecule has 1 heterocycles. The van der Waals surface area contributed by atoms with Gasteiger partial charge in [0.25, 0.3) is 5.91 Å². The van der Waals surface area contributed by atoms with Crippen LogP contribution in [0.4, 0.5) is 5.69 Å². The van der Waals surface area contributed by atoms with E-state index in [4.69, 9.17) is 4.74 Å². The molecule has 2 atom stereocenters. The Hall–Kier alpha value is -3.95. The van der Waals surface area contributed by atoms with Crippen molar-refractivity contribution in [3.63, 3.8) is 0 Å². The van der Waals surface area contributed by atoms with Crippen LogP contribution in [0.5, 0.6) is 11.5 Å². The first-order chi connectivity index (χ1) is 13.9. The third-order valence-electron chi connectivity index (χ3n) is 4.57. The zero-order valence-electron chi connectivity index (χ0n) is 15.4. The van der Waals surface area contributed by atoms with Crippen LogP contribution < -0.4 is 15.5 Å². The van der Waals surface area contributed by atoms with E-state index in [-0.39, 0.29) is 17.2 Å². The van der Waals surface area contributed by atoms with Gasteiger partial charge in [-0.15, -0.1) is 0 Å². The molecule has 2 aromatic carbocycles. The Morgan fingerprint density at radius 1 is 1.38 bits per heavy atom. The summed E-state index contributed by atoms with van der Waals surface area (Å²) in [5.41, 5.74) is 2.82. The van der Waals surface area contributed by atoms with Gasteiger partial charge >= 0.3 is 5.69 Å². The monoisotopic (exact) mass is 398 g/mol. The molecule has 29 heavy (non-hydrogen) atoms. The maximum absolute atomic E-state index is 12.5. The molecule has 1 fully saturated rings. The molecule has 0 bridgehead atoms. The standard InChI is InChI=1S/C19H18N4O6/c1-29-15-8-11(7-14(17(15)24)23(27)28)9-21-22-19(26)16-13(10-20-18(16)25)12-5-3-2-4-6-12/h2-9,13,16,24H,10H2,1H3,(H,20,25)(H,22,26)/b21-9+/t13-,16-/m0/s1. The fourth-order valence-corrected chi connectivity index (χ4v) is 3.16. The molecule has 3 rings (SSSR count). The van der Waals surface area contributed by atoms with Crippen molar-refractivity contribution in [2.24, 2.45) is 11.0 Å². The highest BCUT2D eigenvalue weighted by atomic mass is 16.6. The average Bonchev–Trinajstić information content (AvgIpc) is 3.10.